The molecule has 5 nitrogen and oxygen atoms in total. The maximum atomic E-state index is 12.2. The summed E-state index contributed by atoms with van der Waals surface area (Å²) in [6, 6.07) is 15.4. The lowest BCUT2D eigenvalue weighted by atomic mass is 10.1. The summed E-state index contributed by atoms with van der Waals surface area (Å²) in [6.45, 7) is 6.01. The number of aromatic nitrogens is 2. The minimum absolute atomic E-state index is 0.0790. The summed E-state index contributed by atoms with van der Waals surface area (Å²) in [7, 11) is 0. The molecular weight excluding hydrogens is 358 g/mol. The van der Waals surface area contributed by atoms with Crippen LogP contribution in [0.5, 0.6) is 11.6 Å². The Kier molecular flexibility index (Phi) is 6.08. The highest BCUT2D eigenvalue weighted by Gasteiger charge is 2.08. The average Bonchev–Trinajstić information content (AvgIpc) is 2.61. The van der Waals surface area contributed by atoms with Gasteiger partial charge in [-0.2, -0.15) is 0 Å². The number of aryl methyl sites for hydroxylation is 3. The van der Waals surface area contributed by atoms with Gasteiger partial charge in [0.05, 0.1) is 5.75 Å². The van der Waals surface area contributed by atoms with Crippen LogP contribution in [0.25, 0.3) is 0 Å². The number of nitrogens with one attached hydrogen (secondary N) is 1. The SMILES string of the molecule is Cc1cc(C)cc(Oc2cc(SCC(=O)Nc3ccccc3C)ncn2)c1. The lowest BCUT2D eigenvalue weighted by Crippen LogP contribution is -2.14. The predicted molar refractivity (Wildman–Crippen MR) is 109 cm³/mol. The first-order valence-electron chi connectivity index (χ1n) is 8.56. The van der Waals surface area contributed by atoms with Crippen LogP contribution in [0.3, 0.4) is 0 Å². The van der Waals surface area contributed by atoms with Gasteiger partial charge in [-0.25, -0.2) is 9.97 Å². The van der Waals surface area contributed by atoms with Crippen molar-refractivity contribution in [3.8, 4) is 11.6 Å². The molecule has 0 saturated heterocycles. The van der Waals surface area contributed by atoms with E-state index in [4.69, 9.17) is 4.74 Å². The van der Waals surface area contributed by atoms with Gasteiger partial charge in [0, 0.05) is 11.8 Å². The largest absolute Gasteiger partial charge is 0.439 e. The van der Waals surface area contributed by atoms with Gasteiger partial charge in [0.25, 0.3) is 0 Å². The lowest BCUT2D eigenvalue weighted by Gasteiger charge is -2.09. The van der Waals surface area contributed by atoms with Crippen molar-refractivity contribution in [2.24, 2.45) is 0 Å². The maximum Gasteiger partial charge on any atom is 0.234 e. The minimum atomic E-state index is -0.0790. The van der Waals surface area contributed by atoms with Gasteiger partial charge >= 0.3 is 0 Å². The standard InChI is InChI=1S/C21H21N3O2S/c1-14-8-15(2)10-17(9-14)26-20-11-21(23-13-22-20)27-12-19(25)24-18-7-5-4-6-16(18)3/h4-11,13H,12H2,1-3H3,(H,24,25). The number of anilines is 1. The number of rotatable bonds is 6. The van der Waals surface area contributed by atoms with Crippen molar-refractivity contribution in [2.45, 2.75) is 25.8 Å². The predicted octanol–water partition coefficient (Wildman–Crippen LogP) is 4.92. The summed E-state index contributed by atoms with van der Waals surface area (Å²) in [6.07, 6.45) is 1.44. The number of para-hydroxylation sites is 1. The van der Waals surface area contributed by atoms with Gasteiger partial charge < -0.3 is 10.1 Å². The molecule has 0 aliphatic carbocycles. The van der Waals surface area contributed by atoms with Crippen molar-refractivity contribution < 1.29 is 9.53 Å². The fraction of sp³-hybridized carbons (Fsp3) is 0.190. The van der Waals surface area contributed by atoms with Crippen LogP contribution in [0.4, 0.5) is 5.69 Å². The molecule has 0 spiro atoms. The van der Waals surface area contributed by atoms with Crippen LogP contribution in [-0.4, -0.2) is 21.6 Å². The molecule has 1 N–H and O–H groups in total. The van der Waals surface area contributed by atoms with Gasteiger partial charge in [-0.1, -0.05) is 36.0 Å². The third kappa shape index (κ3) is 5.56. The molecule has 0 radical (unpaired) electrons. The molecule has 0 aliphatic heterocycles. The van der Waals surface area contributed by atoms with E-state index in [1.807, 2.05) is 57.2 Å². The average molecular weight is 379 g/mol. The number of nitrogens with zero attached hydrogens (tertiary/aromatic N) is 2. The second-order valence-electron chi connectivity index (χ2n) is 6.27. The monoisotopic (exact) mass is 379 g/mol. The van der Waals surface area contributed by atoms with Crippen LogP contribution in [0.1, 0.15) is 16.7 Å². The normalized spacial score (nSPS) is 10.5. The highest BCUT2D eigenvalue weighted by Crippen LogP contribution is 2.25. The van der Waals surface area contributed by atoms with Crippen LogP contribution in [-0.2, 0) is 4.79 Å². The van der Waals surface area contributed by atoms with Crippen LogP contribution in [0.15, 0.2) is 59.9 Å². The number of ether oxygens (including phenoxy) is 1. The molecule has 2 aromatic carbocycles. The Morgan fingerprint density at radius 2 is 1.78 bits per heavy atom. The van der Waals surface area contributed by atoms with E-state index in [-0.39, 0.29) is 11.7 Å². The van der Waals surface area contributed by atoms with Crippen molar-refractivity contribution >= 4 is 23.4 Å². The number of carbonyl (C=O) groups is 1. The quantitative estimate of drug-likeness (QED) is 0.486. The zero-order valence-electron chi connectivity index (χ0n) is 15.5. The summed E-state index contributed by atoms with van der Waals surface area (Å²) in [5.74, 6) is 1.37. The molecule has 0 bridgehead atoms. The van der Waals surface area contributed by atoms with E-state index in [2.05, 4.69) is 21.4 Å². The summed E-state index contributed by atoms with van der Waals surface area (Å²) < 4.78 is 5.83. The molecule has 1 heterocycles. The summed E-state index contributed by atoms with van der Waals surface area (Å²) in [5.41, 5.74) is 4.11. The molecule has 1 aromatic heterocycles. The first-order valence-corrected chi connectivity index (χ1v) is 9.54. The van der Waals surface area contributed by atoms with E-state index in [0.29, 0.717) is 10.9 Å². The minimum Gasteiger partial charge on any atom is -0.439 e. The van der Waals surface area contributed by atoms with E-state index in [9.17, 15) is 4.79 Å². The van der Waals surface area contributed by atoms with Gasteiger partial charge in [0.2, 0.25) is 11.8 Å². The van der Waals surface area contributed by atoms with Crippen LogP contribution < -0.4 is 10.1 Å². The third-order valence-electron chi connectivity index (χ3n) is 3.80. The molecule has 3 aromatic rings. The van der Waals surface area contributed by atoms with Crippen molar-refractivity contribution in [1.29, 1.82) is 0 Å². The lowest BCUT2D eigenvalue weighted by molar-refractivity contribution is -0.113. The molecule has 0 atom stereocenters. The van der Waals surface area contributed by atoms with Crippen molar-refractivity contribution in [1.82, 2.24) is 9.97 Å². The number of benzene rings is 2. The van der Waals surface area contributed by atoms with Crippen LogP contribution in [0.2, 0.25) is 0 Å². The first-order chi connectivity index (χ1) is 13.0. The fourth-order valence-corrected chi connectivity index (χ4v) is 3.27. The molecule has 0 saturated carbocycles. The first kappa shape index (κ1) is 18.9. The number of amides is 1. The number of hydrogen-bond acceptors (Lipinski definition) is 5. The van der Waals surface area contributed by atoms with Gasteiger partial charge in [-0.3, -0.25) is 4.79 Å². The van der Waals surface area contributed by atoms with Crippen molar-refractivity contribution in [2.75, 3.05) is 11.1 Å². The van der Waals surface area contributed by atoms with Gasteiger partial charge in [0.15, 0.2) is 0 Å². The smallest absolute Gasteiger partial charge is 0.234 e. The van der Waals surface area contributed by atoms with E-state index in [0.717, 1.165) is 28.1 Å². The van der Waals surface area contributed by atoms with E-state index in [1.54, 1.807) is 6.07 Å². The Morgan fingerprint density at radius 3 is 2.52 bits per heavy atom. The Balaban J connectivity index is 1.60. The van der Waals surface area contributed by atoms with Gasteiger partial charge in [-0.15, -0.1) is 0 Å². The van der Waals surface area contributed by atoms with E-state index in [1.165, 1.54) is 18.1 Å². The summed E-state index contributed by atoms with van der Waals surface area (Å²) in [5, 5.41) is 3.60. The zero-order chi connectivity index (χ0) is 19.2. The number of thioether (sulfide) groups is 1. The zero-order valence-corrected chi connectivity index (χ0v) is 16.3. The topological polar surface area (TPSA) is 64.1 Å². The van der Waals surface area contributed by atoms with E-state index < -0.39 is 0 Å². The van der Waals surface area contributed by atoms with Crippen LogP contribution >= 0.6 is 11.8 Å². The second kappa shape index (κ2) is 8.68. The Morgan fingerprint density at radius 1 is 1.04 bits per heavy atom. The molecule has 0 aliphatic rings. The fourth-order valence-electron chi connectivity index (χ4n) is 2.61. The van der Waals surface area contributed by atoms with E-state index >= 15 is 0 Å². The van der Waals surface area contributed by atoms with Gasteiger partial charge in [0.1, 0.15) is 17.1 Å². The summed E-state index contributed by atoms with van der Waals surface area (Å²) in [4.78, 5) is 20.5. The molecular formula is C21H21N3O2S. The highest BCUT2D eigenvalue weighted by atomic mass is 32.2. The Hall–Kier alpha value is -2.86. The second-order valence-corrected chi connectivity index (χ2v) is 7.27. The molecule has 0 unspecified atom stereocenters. The summed E-state index contributed by atoms with van der Waals surface area (Å²) >= 11 is 1.34. The van der Waals surface area contributed by atoms with Crippen molar-refractivity contribution in [3.63, 3.8) is 0 Å². The highest BCUT2D eigenvalue weighted by molar-refractivity contribution is 7.99. The third-order valence-corrected chi connectivity index (χ3v) is 4.73. The van der Waals surface area contributed by atoms with Gasteiger partial charge in [-0.05, 0) is 55.7 Å². The Labute approximate surface area is 163 Å². The molecule has 1 amide bonds. The molecule has 27 heavy (non-hydrogen) atoms. The Bertz CT molecular complexity index is 939. The molecule has 138 valence electrons. The number of carbonyl (C=O) groups excluding carboxylic acids is 1. The maximum absolute atomic E-state index is 12.2. The van der Waals surface area contributed by atoms with Crippen molar-refractivity contribution in [3.05, 3.63) is 71.5 Å². The molecule has 3 rings (SSSR count). The molecule has 6 heteroatoms. The van der Waals surface area contributed by atoms with Crippen LogP contribution in [0, 0.1) is 20.8 Å². The number of hydrogen-bond donors (Lipinski definition) is 1. The molecule has 0 fully saturated rings.